The number of hydrogen-bond donors (Lipinski definition) is 2. The van der Waals surface area contributed by atoms with Crippen LogP contribution in [0.4, 0.5) is 5.95 Å². The lowest BCUT2D eigenvalue weighted by Gasteiger charge is -2.37. The van der Waals surface area contributed by atoms with Crippen molar-refractivity contribution in [3.05, 3.63) is 65.2 Å². The zero-order chi connectivity index (χ0) is 29.1. The van der Waals surface area contributed by atoms with Crippen molar-refractivity contribution in [3.8, 4) is 17.1 Å². The number of nitrogens with zero attached hydrogens (tertiary/aromatic N) is 2. The summed E-state index contributed by atoms with van der Waals surface area (Å²) >= 11 is 0. The number of fused-ring (bicyclic) bond motifs is 4. The number of nitrogens with two attached hydrogens (primary N) is 1. The molecular formula is C33H44N4O3S. The molecule has 1 saturated carbocycles. The second-order valence-corrected chi connectivity index (χ2v) is 14.2. The summed E-state index contributed by atoms with van der Waals surface area (Å²) < 4.78 is 36.6. The Morgan fingerprint density at radius 3 is 2.46 bits per heavy atom. The zero-order valence-corrected chi connectivity index (χ0v) is 25.6. The number of sulfonamides is 1. The predicted molar refractivity (Wildman–Crippen MR) is 165 cm³/mol. The van der Waals surface area contributed by atoms with Gasteiger partial charge in [0.25, 0.3) is 10.0 Å². The molecule has 220 valence electrons. The summed E-state index contributed by atoms with van der Waals surface area (Å²) in [6.07, 6.45) is 7.44. The molecule has 8 heteroatoms. The third kappa shape index (κ3) is 6.92. The van der Waals surface area contributed by atoms with Crippen LogP contribution >= 0.6 is 0 Å². The van der Waals surface area contributed by atoms with Crippen molar-refractivity contribution in [1.29, 1.82) is 0 Å². The van der Waals surface area contributed by atoms with Gasteiger partial charge in [0.15, 0.2) is 0 Å². The van der Waals surface area contributed by atoms with Gasteiger partial charge in [0.05, 0.1) is 17.2 Å². The van der Waals surface area contributed by atoms with Crippen molar-refractivity contribution in [2.75, 3.05) is 11.3 Å². The van der Waals surface area contributed by atoms with E-state index in [1.807, 2.05) is 50.2 Å². The van der Waals surface area contributed by atoms with E-state index in [1.165, 1.54) is 0 Å². The maximum atomic E-state index is 13.7. The van der Waals surface area contributed by atoms with E-state index in [2.05, 4.69) is 34.6 Å². The van der Waals surface area contributed by atoms with Gasteiger partial charge in [0, 0.05) is 23.6 Å². The minimum absolute atomic E-state index is 0.0112. The average molecular weight is 577 g/mol. The highest BCUT2D eigenvalue weighted by molar-refractivity contribution is 7.92. The summed E-state index contributed by atoms with van der Waals surface area (Å²) in [6, 6.07) is 15.6. The van der Waals surface area contributed by atoms with E-state index in [-0.39, 0.29) is 28.7 Å². The fraction of sp³-hybridized carbons (Fsp3) is 0.515. The molecule has 2 aliphatic rings. The summed E-state index contributed by atoms with van der Waals surface area (Å²) in [6.45, 7) is 9.04. The first-order valence-electron chi connectivity index (χ1n) is 15.1. The van der Waals surface area contributed by atoms with Crippen LogP contribution in [0.1, 0.15) is 81.4 Å². The number of hydrogen-bond acceptors (Lipinski definition) is 6. The van der Waals surface area contributed by atoms with Crippen LogP contribution in [0.15, 0.2) is 53.4 Å². The Kier molecular flexibility index (Phi) is 9.00. The summed E-state index contributed by atoms with van der Waals surface area (Å²) in [5.41, 5.74) is 11.2. The maximum absolute atomic E-state index is 13.7. The zero-order valence-electron chi connectivity index (χ0n) is 24.8. The third-order valence-electron chi connectivity index (χ3n) is 8.76. The normalized spacial score (nSPS) is 24.6. The molecule has 41 heavy (non-hydrogen) atoms. The largest absolute Gasteiger partial charge is 0.477 e. The van der Waals surface area contributed by atoms with Crippen molar-refractivity contribution >= 4 is 16.0 Å². The Hall–Kier alpha value is -2.97. The van der Waals surface area contributed by atoms with E-state index >= 15 is 0 Å². The number of aryl methyl sites for hydroxylation is 2. The van der Waals surface area contributed by atoms with E-state index in [4.69, 9.17) is 10.5 Å². The van der Waals surface area contributed by atoms with E-state index in [0.29, 0.717) is 30.0 Å². The molecule has 1 aliphatic heterocycles. The van der Waals surface area contributed by atoms with Gasteiger partial charge in [-0.15, -0.1) is 0 Å². The molecule has 0 spiro atoms. The lowest BCUT2D eigenvalue weighted by Crippen LogP contribution is -2.31. The number of aromatic nitrogens is 2. The summed E-state index contributed by atoms with van der Waals surface area (Å²) in [4.78, 5) is 9.41. The maximum Gasteiger partial charge on any atom is 0.264 e. The standard InChI is InChI=1S/C33H44N4O3S/c1-21(2)17-26-20-40-30-19-29(31-22(3)9-7-10-23(31)4)35-33(36-30)37-41(38,39)28-14-8-12-25(18-28)32(26)24-11-5-6-13-27(34)16-15-24/h7-10,12,14,18-19,21,24,26-27,32H,5-6,11,13,15-17,20,34H2,1-4H3,(H,35,36,37)/t24-,26+,27-,32?/m0/s1. The predicted octanol–water partition coefficient (Wildman–Crippen LogP) is 7.00. The van der Waals surface area contributed by atoms with Crippen LogP contribution in [-0.2, 0) is 10.0 Å². The van der Waals surface area contributed by atoms with Gasteiger partial charge in [-0.2, -0.15) is 4.98 Å². The highest BCUT2D eigenvalue weighted by Gasteiger charge is 2.34. The molecule has 1 unspecified atom stereocenters. The number of ether oxygens (including phenoxy) is 1. The van der Waals surface area contributed by atoms with Gasteiger partial charge < -0.3 is 10.5 Å². The second-order valence-electron chi connectivity index (χ2n) is 12.5. The molecule has 4 atom stereocenters. The van der Waals surface area contributed by atoms with Crippen molar-refractivity contribution < 1.29 is 13.2 Å². The molecule has 2 aromatic carbocycles. The first kappa shape index (κ1) is 29.5. The Morgan fingerprint density at radius 1 is 0.976 bits per heavy atom. The second kappa shape index (κ2) is 12.5. The SMILES string of the molecule is Cc1cccc(C)c1-c1cc2nc(n1)NS(=O)(=O)c1cccc(c1)C([C@H]1CCCC[C@H](N)CC1)[C@H](CC(C)C)CO2. The average Bonchev–Trinajstić information content (AvgIpc) is 2.90. The lowest BCUT2D eigenvalue weighted by atomic mass is 9.70. The van der Waals surface area contributed by atoms with Crippen LogP contribution in [0.25, 0.3) is 11.3 Å². The molecule has 0 radical (unpaired) electrons. The third-order valence-corrected chi connectivity index (χ3v) is 10.1. The van der Waals surface area contributed by atoms with Crippen LogP contribution < -0.4 is 15.2 Å². The number of nitrogens with one attached hydrogen (secondary N) is 1. The fourth-order valence-corrected chi connectivity index (χ4v) is 7.89. The van der Waals surface area contributed by atoms with Crippen molar-refractivity contribution in [2.45, 2.75) is 89.5 Å². The number of anilines is 1. The summed E-state index contributed by atoms with van der Waals surface area (Å²) in [5.74, 6) is 1.58. The van der Waals surface area contributed by atoms with Gasteiger partial charge in [-0.1, -0.05) is 57.0 Å². The van der Waals surface area contributed by atoms with Gasteiger partial charge in [0.2, 0.25) is 11.8 Å². The van der Waals surface area contributed by atoms with E-state index in [9.17, 15) is 8.42 Å². The Morgan fingerprint density at radius 2 is 1.71 bits per heavy atom. The molecular weight excluding hydrogens is 532 g/mol. The van der Waals surface area contributed by atoms with Gasteiger partial charge in [0.1, 0.15) is 0 Å². The van der Waals surface area contributed by atoms with E-state index in [1.54, 1.807) is 6.07 Å². The molecule has 3 N–H and O–H groups in total. The molecule has 5 rings (SSSR count). The highest BCUT2D eigenvalue weighted by atomic mass is 32.2. The van der Waals surface area contributed by atoms with Crippen molar-refractivity contribution in [3.63, 3.8) is 0 Å². The molecule has 3 aromatic rings. The molecule has 0 saturated heterocycles. The van der Waals surface area contributed by atoms with Gasteiger partial charge in [-0.3, -0.25) is 0 Å². The highest BCUT2D eigenvalue weighted by Crippen LogP contribution is 2.43. The van der Waals surface area contributed by atoms with Crippen molar-refractivity contribution in [2.24, 2.45) is 23.5 Å². The first-order chi connectivity index (χ1) is 19.6. The van der Waals surface area contributed by atoms with Gasteiger partial charge in [-0.25, -0.2) is 18.1 Å². The first-order valence-corrected chi connectivity index (χ1v) is 16.6. The van der Waals surface area contributed by atoms with Gasteiger partial charge in [-0.05, 0) is 92.5 Å². The molecule has 2 heterocycles. The molecule has 1 aromatic heterocycles. The van der Waals surface area contributed by atoms with Crippen LogP contribution in [0, 0.1) is 31.6 Å². The number of rotatable bonds is 4. The van der Waals surface area contributed by atoms with Gasteiger partial charge >= 0.3 is 0 Å². The molecule has 1 fully saturated rings. The van der Waals surface area contributed by atoms with Crippen LogP contribution in [0.2, 0.25) is 0 Å². The monoisotopic (exact) mass is 576 g/mol. The summed E-state index contributed by atoms with van der Waals surface area (Å²) in [5, 5.41) is 0. The summed E-state index contributed by atoms with van der Waals surface area (Å²) in [7, 11) is -3.93. The topological polar surface area (TPSA) is 107 Å². The van der Waals surface area contributed by atoms with E-state index in [0.717, 1.165) is 67.2 Å². The molecule has 7 nitrogen and oxygen atoms in total. The Balaban J connectivity index is 1.64. The van der Waals surface area contributed by atoms with E-state index < -0.39 is 10.0 Å². The molecule has 4 bridgehead atoms. The van der Waals surface area contributed by atoms with Crippen molar-refractivity contribution in [1.82, 2.24) is 9.97 Å². The van der Waals surface area contributed by atoms with Crippen LogP contribution in [0.5, 0.6) is 5.88 Å². The lowest BCUT2D eigenvalue weighted by molar-refractivity contribution is 0.153. The minimum atomic E-state index is -3.93. The quantitative estimate of drug-likeness (QED) is 0.346. The Labute approximate surface area is 245 Å². The molecule has 0 amide bonds. The minimum Gasteiger partial charge on any atom is -0.477 e. The van der Waals surface area contributed by atoms with Crippen LogP contribution in [-0.4, -0.2) is 31.0 Å². The fourth-order valence-electron chi connectivity index (χ4n) is 6.89. The number of benzene rings is 2. The Bertz CT molecular complexity index is 1450. The van der Waals surface area contributed by atoms with Crippen LogP contribution in [0.3, 0.4) is 0 Å². The smallest absolute Gasteiger partial charge is 0.264 e. The molecule has 1 aliphatic carbocycles.